The van der Waals surface area contributed by atoms with Crippen molar-refractivity contribution in [1.29, 1.82) is 5.26 Å². The van der Waals surface area contributed by atoms with Gasteiger partial charge in [0.25, 0.3) is 5.91 Å². The minimum Gasteiger partial charge on any atom is -0.435 e. The lowest BCUT2D eigenvalue weighted by atomic mass is 10.2. The molecule has 31 heavy (non-hydrogen) atoms. The summed E-state index contributed by atoms with van der Waals surface area (Å²) in [6.07, 6.45) is 2.66. The Labute approximate surface area is 177 Å². The molecule has 9 nitrogen and oxygen atoms in total. The highest BCUT2D eigenvalue weighted by atomic mass is 32.2. The number of sulfone groups is 1. The monoisotopic (exact) mass is 452 g/mol. The van der Waals surface area contributed by atoms with Gasteiger partial charge in [-0.2, -0.15) is 14.0 Å². The lowest BCUT2D eigenvalue weighted by Gasteiger charge is -2.18. The molecule has 0 aliphatic carbocycles. The highest BCUT2D eigenvalue weighted by Crippen LogP contribution is 2.23. The Bertz CT molecular complexity index is 1060. The number of carbonyl (C=O) groups excluding carboxylic acids is 2. The van der Waals surface area contributed by atoms with Crippen LogP contribution in [0.5, 0.6) is 5.75 Å². The van der Waals surface area contributed by atoms with Crippen LogP contribution in [0.3, 0.4) is 0 Å². The second-order valence-electron chi connectivity index (χ2n) is 6.18. The van der Waals surface area contributed by atoms with Crippen molar-refractivity contribution in [2.45, 2.75) is 18.4 Å². The normalized spacial score (nSPS) is 11.9. The maximum atomic E-state index is 12.7. The molecule has 2 amide bonds. The fourth-order valence-electron chi connectivity index (χ4n) is 2.56. The Morgan fingerprint density at radius 3 is 2.58 bits per heavy atom. The SMILES string of the molecule is N#CCNC(=O)[C@H](CS(=O)(=O)Cc1ccccc1OC(F)F)NC(=O)c1cccnc1. The van der Waals surface area contributed by atoms with Gasteiger partial charge in [0, 0.05) is 18.0 Å². The summed E-state index contributed by atoms with van der Waals surface area (Å²) in [4.78, 5) is 28.5. The zero-order valence-electron chi connectivity index (χ0n) is 16.0. The molecule has 1 atom stereocenters. The van der Waals surface area contributed by atoms with Crippen molar-refractivity contribution in [3.63, 3.8) is 0 Å². The number of aromatic nitrogens is 1. The van der Waals surface area contributed by atoms with Gasteiger partial charge in [0.1, 0.15) is 18.3 Å². The van der Waals surface area contributed by atoms with Gasteiger partial charge >= 0.3 is 6.61 Å². The summed E-state index contributed by atoms with van der Waals surface area (Å²) in [6, 6.07) is 8.38. The number of nitrogens with zero attached hydrogens (tertiary/aromatic N) is 2. The van der Waals surface area contributed by atoms with E-state index in [1.165, 1.54) is 48.8 Å². The van der Waals surface area contributed by atoms with Crippen LogP contribution < -0.4 is 15.4 Å². The number of nitrogens with one attached hydrogen (secondary N) is 2. The summed E-state index contributed by atoms with van der Waals surface area (Å²) in [6.45, 7) is -3.55. The molecule has 0 radical (unpaired) electrons. The molecule has 1 aromatic carbocycles. The van der Waals surface area contributed by atoms with Crippen LogP contribution >= 0.6 is 0 Å². The van der Waals surface area contributed by atoms with E-state index in [4.69, 9.17) is 5.26 Å². The molecular weight excluding hydrogens is 434 g/mol. The third-order valence-electron chi connectivity index (χ3n) is 3.87. The third kappa shape index (κ3) is 7.63. The first kappa shape index (κ1) is 23.7. The average Bonchev–Trinajstić information content (AvgIpc) is 2.72. The van der Waals surface area contributed by atoms with Crippen molar-refractivity contribution in [3.8, 4) is 11.8 Å². The number of hydrogen-bond donors (Lipinski definition) is 2. The second kappa shape index (κ2) is 11.0. The number of ether oxygens (including phenoxy) is 1. The van der Waals surface area contributed by atoms with Crippen molar-refractivity contribution in [2.75, 3.05) is 12.3 Å². The van der Waals surface area contributed by atoms with Gasteiger partial charge in [0.15, 0.2) is 9.84 Å². The summed E-state index contributed by atoms with van der Waals surface area (Å²) in [5, 5.41) is 13.1. The van der Waals surface area contributed by atoms with E-state index < -0.39 is 52.4 Å². The van der Waals surface area contributed by atoms with E-state index in [2.05, 4.69) is 20.4 Å². The number of halogens is 2. The van der Waals surface area contributed by atoms with Crippen LogP contribution in [0.25, 0.3) is 0 Å². The Kier molecular flexibility index (Phi) is 8.39. The molecule has 0 saturated carbocycles. The number of rotatable bonds is 10. The first-order valence-corrected chi connectivity index (χ1v) is 10.6. The predicted molar refractivity (Wildman–Crippen MR) is 105 cm³/mol. The molecule has 0 saturated heterocycles. The molecule has 0 spiro atoms. The molecule has 2 N–H and O–H groups in total. The van der Waals surface area contributed by atoms with Crippen molar-refractivity contribution in [2.24, 2.45) is 0 Å². The quantitative estimate of drug-likeness (QED) is 0.514. The first-order valence-electron chi connectivity index (χ1n) is 8.80. The van der Waals surface area contributed by atoms with Gasteiger partial charge in [-0.15, -0.1) is 0 Å². The van der Waals surface area contributed by atoms with E-state index in [-0.39, 0.29) is 16.9 Å². The Balaban J connectivity index is 2.21. The molecule has 0 bridgehead atoms. The highest BCUT2D eigenvalue weighted by Gasteiger charge is 2.28. The van der Waals surface area contributed by atoms with Gasteiger partial charge in [-0.3, -0.25) is 14.6 Å². The van der Waals surface area contributed by atoms with E-state index in [0.717, 1.165) is 0 Å². The van der Waals surface area contributed by atoms with Crippen LogP contribution in [-0.4, -0.2) is 50.2 Å². The van der Waals surface area contributed by atoms with E-state index in [0.29, 0.717) is 0 Å². The van der Waals surface area contributed by atoms with E-state index >= 15 is 0 Å². The standard InChI is InChI=1S/C19H18F2N4O5S/c20-19(21)30-16-6-2-1-4-14(16)11-31(28,29)12-15(18(27)24-9-7-22)25-17(26)13-5-3-8-23-10-13/h1-6,8,10,15,19H,9,11-12H2,(H,24,27)(H,25,26)/t15-/m0/s1. The topological polar surface area (TPSA) is 138 Å². The largest absolute Gasteiger partial charge is 0.435 e. The number of amides is 2. The van der Waals surface area contributed by atoms with Crippen molar-refractivity contribution in [3.05, 3.63) is 59.9 Å². The third-order valence-corrected chi connectivity index (χ3v) is 5.46. The summed E-state index contributed by atoms with van der Waals surface area (Å²) >= 11 is 0. The molecule has 0 fully saturated rings. The maximum absolute atomic E-state index is 12.7. The highest BCUT2D eigenvalue weighted by molar-refractivity contribution is 7.90. The molecule has 1 heterocycles. The number of alkyl halides is 2. The van der Waals surface area contributed by atoms with Gasteiger partial charge in [-0.05, 0) is 18.2 Å². The molecule has 1 aromatic heterocycles. The van der Waals surface area contributed by atoms with Gasteiger partial charge in [0.05, 0.1) is 23.1 Å². The summed E-state index contributed by atoms with van der Waals surface area (Å²) in [7, 11) is -4.09. The van der Waals surface area contributed by atoms with Gasteiger partial charge in [0.2, 0.25) is 5.91 Å². The Morgan fingerprint density at radius 2 is 1.94 bits per heavy atom. The average molecular weight is 452 g/mol. The van der Waals surface area contributed by atoms with Crippen molar-refractivity contribution >= 4 is 21.7 Å². The molecule has 0 unspecified atom stereocenters. The number of benzene rings is 1. The van der Waals surface area contributed by atoms with Crippen LogP contribution in [0.4, 0.5) is 8.78 Å². The van der Waals surface area contributed by atoms with Crippen molar-refractivity contribution in [1.82, 2.24) is 15.6 Å². The Hall–Kier alpha value is -3.59. The fourth-order valence-corrected chi connectivity index (χ4v) is 4.13. The molecule has 2 rings (SSSR count). The van der Waals surface area contributed by atoms with Crippen LogP contribution in [0.15, 0.2) is 48.8 Å². The minimum absolute atomic E-state index is 0.0300. The van der Waals surface area contributed by atoms with Crippen LogP contribution in [0.1, 0.15) is 15.9 Å². The smallest absolute Gasteiger partial charge is 0.387 e. The second-order valence-corrected chi connectivity index (χ2v) is 8.29. The number of hydrogen-bond acceptors (Lipinski definition) is 7. The Morgan fingerprint density at radius 1 is 1.19 bits per heavy atom. The van der Waals surface area contributed by atoms with Gasteiger partial charge in [-0.1, -0.05) is 18.2 Å². The summed E-state index contributed by atoms with van der Waals surface area (Å²) in [5.41, 5.74) is 0.0613. The number of carbonyl (C=O) groups is 2. The van der Waals surface area contributed by atoms with Crippen LogP contribution in [0, 0.1) is 11.3 Å². The fraction of sp³-hybridized carbons (Fsp3) is 0.263. The van der Waals surface area contributed by atoms with E-state index in [1.54, 1.807) is 6.07 Å². The summed E-state index contributed by atoms with van der Waals surface area (Å²) < 4.78 is 54.9. The van der Waals surface area contributed by atoms with Crippen LogP contribution in [-0.2, 0) is 20.4 Å². The zero-order valence-corrected chi connectivity index (χ0v) is 16.8. The molecule has 12 heteroatoms. The van der Waals surface area contributed by atoms with E-state index in [1.807, 2.05) is 0 Å². The zero-order chi connectivity index (χ0) is 22.9. The predicted octanol–water partition coefficient (Wildman–Crippen LogP) is 1.04. The maximum Gasteiger partial charge on any atom is 0.387 e. The molecular formula is C19H18F2N4O5S. The minimum atomic E-state index is -4.09. The summed E-state index contributed by atoms with van der Waals surface area (Å²) in [5.74, 6) is -3.49. The molecule has 2 aromatic rings. The number of para-hydroxylation sites is 1. The van der Waals surface area contributed by atoms with Crippen LogP contribution in [0.2, 0.25) is 0 Å². The molecule has 0 aliphatic heterocycles. The lowest BCUT2D eigenvalue weighted by Crippen LogP contribution is -2.50. The van der Waals surface area contributed by atoms with Gasteiger partial charge in [-0.25, -0.2) is 8.42 Å². The van der Waals surface area contributed by atoms with E-state index in [9.17, 15) is 26.8 Å². The number of nitriles is 1. The van der Waals surface area contributed by atoms with Gasteiger partial charge < -0.3 is 15.4 Å². The molecule has 0 aliphatic rings. The number of pyridine rings is 1. The van der Waals surface area contributed by atoms with Crippen molar-refractivity contribution < 1.29 is 31.5 Å². The lowest BCUT2D eigenvalue weighted by molar-refractivity contribution is -0.122. The first-order chi connectivity index (χ1) is 14.7. The molecule has 164 valence electrons.